The minimum atomic E-state index is -0.863. The van der Waals surface area contributed by atoms with Crippen molar-refractivity contribution in [3.8, 4) is 0 Å². The highest BCUT2D eigenvalue weighted by Crippen LogP contribution is 2.32. The summed E-state index contributed by atoms with van der Waals surface area (Å²) in [5.74, 6) is -0.549. The third kappa shape index (κ3) is 12.6. The summed E-state index contributed by atoms with van der Waals surface area (Å²) in [4.78, 5) is 9.00. The molecule has 0 aliphatic heterocycles. The summed E-state index contributed by atoms with van der Waals surface area (Å²) in [6.45, 7) is 4.47. The Balaban J connectivity index is 0. The smallest absolute Gasteiger partial charge is 0.309 e. The van der Waals surface area contributed by atoms with E-state index in [1.807, 2.05) is 0 Å². The Kier molecular flexibility index (Phi) is 18.0. The molecule has 1 atom stereocenters. The van der Waals surface area contributed by atoms with E-state index in [0.29, 0.717) is 5.92 Å². The fraction of sp³-hybridized carbons (Fsp3) is 0.944. The summed E-state index contributed by atoms with van der Waals surface area (Å²) >= 11 is 0. The predicted octanol–water partition coefficient (Wildman–Crippen LogP) is 4.16. The van der Waals surface area contributed by atoms with Gasteiger partial charge in [-0.3, -0.25) is 0 Å². The molecule has 0 aliphatic carbocycles. The van der Waals surface area contributed by atoms with E-state index in [2.05, 4.69) is 25.3 Å². The summed E-state index contributed by atoms with van der Waals surface area (Å²) in [5, 5.41) is 0. The Morgan fingerprint density at radius 1 is 0.792 bits per heavy atom. The summed E-state index contributed by atoms with van der Waals surface area (Å²) < 4.78 is 16.6. The molecule has 0 fully saturated rings. The number of unbranched alkanes of at least 4 members (excludes halogenated alkanes) is 6. The molecule has 0 aromatic carbocycles. The molecule has 1 unspecified atom stereocenters. The highest BCUT2D eigenvalue weighted by Gasteiger charge is 2.39. The highest BCUT2D eigenvalue weighted by atomic mass is 16.9. The third-order valence-corrected chi connectivity index (χ3v) is 4.17. The maximum atomic E-state index is 9.00. The molecule has 146 valence electrons. The van der Waals surface area contributed by atoms with Crippen molar-refractivity contribution in [1.29, 1.82) is 0 Å². The van der Waals surface area contributed by atoms with E-state index < -0.39 is 12.0 Å². The van der Waals surface area contributed by atoms with Gasteiger partial charge in [-0.05, 0) is 12.8 Å². The number of hydrogen-bond donors (Lipinski definition) is 2. The zero-order valence-electron chi connectivity index (χ0n) is 16.4. The first-order chi connectivity index (χ1) is 11.4. The zero-order valence-corrected chi connectivity index (χ0v) is 16.4. The van der Waals surface area contributed by atoms with E-state index in [9.17, 15) is 0 Å². The van der Waals surface area contributed by atoms with Crippen LogP contribution >= 0.6 is 0 Å². The van der Waals surface area contributed by atoms with Crippen molar-refractivity contribution < 1.29 is 19.0 Å². The van der Waals surface area contributed by atoms with Crippen molar-refractivity contribution in [2.45, 2.75) is 84.0 Å². The van der Waals surface area contributed by atoms with E-state index >= 15 is 0 Å². The molecule has 0 heterocycles. The summed E-state index contributed by atoms with van der Waals surface area (Å²) in [6.07, 6.45) is 12.5. The second-order valence-electron chi connectivity index (χ2n) is 6.01. The molecule has 0 rings (SSSR count). The lowest BCUT2D eigenvalue weighted by atomic mass is 9.92. The molecule has 0 saturated heterocycles. The number of carbonyl (C=O) groups excluding carboxylic acids is 1. The molecule has 0 bridgehead atoms. The Morgan fingerprint density at radius 2 is 1.17 bits per heavy atom. The van der Waals surface area contributed by atoms with Crippen LogP contribution in [0, 0.1) is 5.92 Å². The first-order valence-corrected chi connectivity index (χ1v) is 9.14. The van der Waals surface area contributed by atoms with Crippen LogP contribution < -0.4 is 11.5 Å². The van der Waals surface area contributed by atoms with Crippen LogP contribution in [0.4, 0.5) is 4.79 Å². The molecule has 24 heavy (non-hydrogen) atoms. The van der Waals surface area contributed by atoms with Gasteiger partial charge in [0.15, 0.2) is 0 Å². The van der Waals surface area contributed by atoms with E-state index in [1.165, 1.54) is 51.4 Å². The number of rotatable bonds is 14. The second kappa shape index (κ2) is 17.0. The topological polar surface area (TPSA) is 96.8 Å². The lowest BCUT2D eigenvalue weighted by Gasteiger charge is -2.36. The van der Waals surface area contributed by atoms with Crippen LogP contribution in [0.15, 0.2) is 0 Å². The lowest BCUT2D eigenvalue weighted by molar-refractivity contribution is -0.380. The number of amides is 2. The Labute approximate surface area is 148 Å². The fourth-order valence-corrected chi connectivity index (χ4v) is 2.87. The van der Waals surface area contributed by atoms with Crippen molar-refractivity contribution in [3.63, 3.8) is 0 Å². The van der Waals surface area contributed by atoms with Gasteiger partial charge in [0, 0.05) is 27.2 Å². The lowest BCUT2D eigenvalue weighted by Crippen LogP contribution is -2.44. The molecular formula is C18H40N2O4. The van der Waals surface area contributed by atoms with Gasteiger partial charge in [0.05, 0.1) is 0 Å². The molecule has 6 heteroatoms. The maximum Gasteiger partial charge on any atom is 0.309 e. The van der Waals surface area contributed by atoms with Gasteiger partial charge in [0.2, 0.25) is 0 Å². The Hall–Kier alpha value is -0.850. The quantitative estimate of drug-likeness (QED) is 0.364. The van der Waals surface area contributed by atoms with Crippen molar-refractivity contribution in [2.24, 2.45) is 17.4 Å². The van der Waals surface area contributed by atoms with Crippen LogP contribution in [0.1, 0.15) is 78.1 Å². The van der Waals surface area contributed by atoms with Crippen LogP contribution in [0.5, 0.6) is 0 Å². The van der Waals surface area contributed by atoms with Gasteiger partial charge in [0.1, 0.15) is 0 Å². The first kappa shape index (κ1) is 25.4. The fourth-order valence-electron chi connectivity index (χ4n) is 2.87. The average molecular weight is 349 g/mol. The van der Waals surface area contributed by atoms with Gasteiger partial charge in [-0.15, -0.1) is 0 Å². The van der Waals surface area contributed by atoms with E-state index in [-0.39, 0.29) is 0 Å². The number of carbonyl (C=O) groups is 1. The average Bonchev–Trinajstić information content (AvgIpc) is 2.56. The van der Waals surface area contributed by atoms with Gasteiger partial charge in [-0.2, -0.15) is 0 Å². The highest BCUT2D eigenvalue weighted by molar-refractivity contribution is 5.69. The largest absolute Gasteiger partial charge is 0.352 e. The van der Waals surface area contributed by atoms with Crippen molar-refractivity contribution in [1.82, 2.24) is 0 Å². The van der Waals surface area contributed by atoms with Crippen LogP contribution in [0.2, 0.25) is 0 Å². The number of nitrogens with two attached hydrogens (primary N) is 2. The minimum absolute atomic E-state index is 0.314. The van der Waals surface area contributed by atoms with Crippen LogP contribution in [-0.4, -0.2) is 33.3 Å². The maximum absolute atomic E-state index is 9.00. The molecule has 0 aliphatic rings. The SMILES string of the molecule is CCCCCCCCC(CCCC)C(OC)(OC)OC.NC(N)=O. The van der Waals surface area contributed by atoms with E-state index in [1.54, 1.807) is 21.3 Å². The van der Waals surface area contributed by atoms with Gasteiger partial charge in [0.25, 0.3) is 5.97 Å². The molecule has 0 aromatic rings. The normalized spacial score (nSPS) is 12.4. The van der Waals surface area contributed by atoms with Gasteiger partial charge >= 0.3 is 6.03 Å². The zero-order chi connectivity index (χ0) is 18.8. The molecule has 0 radical (unpaired) electrons. The van der Waals surface area contributed by atoms with E-state index in [4.69, 9.17) is 19.0 Å². The molecule has 0 saturated carbocycles. The van der Waals surface area contributed by atoms with E-state index in [0.717, 1.165) is 12.8 Å². The van der Waals surface area contributed by atoms with Crippen molar-refractivity contribution in [2.75, 3.05) is 21.3 Å². The van der Waals surface area contributed by atoms with Gasteiger partial charge < -0.3 is 25.7 Å². The van der Waals surface area contributed by atoms with Gasteiger partial charge in [-0.25, -0.2) is 4.79 Å². The molecule has 4 N–H and O–H groups in total. The van der Waals surface area contributed by atoms with Crippen LogP contribution in [0.3, 0.4) is 0 Å². The number of ether oxygens (including phenoxy) is 3. The molecule has 2 amide bonds. The van der Waals surface area contributed by atoms with Crippen molar-refractivity contribution in [3.05, 3.63) is 0 Å². The molecule has 6 nitrogen and oxygen atoms in total. The Bertz CT molecular complexity index is 272. The van der Waals surface area contributed by atoms with Crippen LogP contribution in [-0.2, 0) is 14.2 Å². The third-order valence-electron chi connectivity index (χ3n) is 4.17. The van der Waals surface area contributed by atoms with Gasteiger partial charge in [-0.1, -0.05) is 65.2 Å². The number of hydrogen-bond acceptors (Lipinski definition) is 4. The Morgan fingerprint density at radius 3 is 1.58 bits per heavy atom. The number of primary amides is 2. The summed E-state index contributed by atoms with van der Waals surface area (Å²) in [6, 6.07) is -0.833. The predicted molar refractivity (Wildman–Crippen MR) is 98.5 cm³/mol. The number of methoxy groups -OCH3 is 3. The minimum Gasteiger partial charge on any atom is -0.352 e. The monoisotopic (exact) mass is 348 g/mol. The van der Waals surface area contributed by atoms with Crippen LogP contribution in [0.25, 0.3) is 0 Å². The first-order valence-electron chi connectivity index (χ1n) is 9.14. The standard InChI is InChI=1S/C17H36O3.CH4N2O/c1-6-8-10-11-12-13-15-16(14-9-7-2)17(18-3,19-4)20-5;2-1(3)4/h16H,6-15H2,1-5H3;(H4,2,3,4). The molecular weight excluding hydrogens is 308 g/mol. The van der Waals surface area contributed by atoms with Crippen molar-refractivity contribution >= 4 is 6.03 Å². The molecule has 0 spiro atoms. The number of urea groups is 1. The summed E-state index contributed by atoms with van der Waals surface area (Å²) in [5.41, 5.74) is 8.50. The second-order valence-corrected chi connectivity index (χ2v) is 6.01. The molecule has 0 aromatic heterocycles. The summed E-state index contributed by atoms with van der Waals surface area (Å²) in [7, 11) is 5.02.